The number of nitrogens with one attached hydrogen (secondary N) is 2. The van der Waals surface area contributed by atoms with Crippen molar-refractivity contribution in [1.29, 1.82) is 0 Å². The van der Waals surface area contributed by atoms with Crippen molar-refractivity contribution < 1.29 is 10.2 Å². The number of halogens is 4. The van der Waals surface area contributed by atoms with Gasteiger partial charge in [-0.2, -0.15) is 0 Å². The molecule has 1 heterocycles. The summed E-state index contributed by atoms with van der Waals surface area (Å²) in [6.07, 6.45) is 1.79. The van der Waals surface area contributed by atoms with Crippen molar-refractivity contribution in [1.82, 2.24) is 15.6 Å². The van der Waals surface area contributed by atoms with Crippen molar-refractivity contribution in [3.8, 4) is 11.5 Å². The Balaban J connectivity index is 1.71. The van der Waals surface area contributed by atoms with Crippen LogP contribution in [0.3, 0.4) is 0 Å². The zero-order valence-corrected chi connectivity index (χ0v) is 23.6. The highest BCUT2D eigenvalue weighted by atomic mass is 79.9. The van der Waals surface area contributed by atoms with Crippen molar-refractivity contribution in [3.63, 3.8) is 0 Å². The van der Waals surface area contributed by atoms with E-state index in [0.29, 0.717) is 35.1 Å². The molecule has 0 atom stereocenters. The topological polar surface area (TPSA) is 77.4 Å². The number of hydrogen-bond donors (Lipinski definition) is 4. The van der Waals surface area contributed by atoms with E-state index in [1.54, 1.807) is 6.20 Å². The Morgan fingerprint density at radius 3 is 1.75 bits per heavy atom. The first-order valence-corrected chi connectivity index (χ1v) is 13.0. The maximum Gasteiger partial charge on any atom is 0.134 e. The van der Waals surface area contributed by atoms with Gasteiger partial charge in [-0.05, 0) is 68.3 Å². The van der Waals surface area contributed by atoms with Crippen molar-refractivity contribution in [2.75, 3.05) is 13.1 Å². The molecule has 3 aromatic rings. The van der Waals surface area contributed by atoms with E-state index in [4.69, 9.17) is 0 Å². The van der Waals surface area contributed by atoms with Crippen LogP contribution < -0.4 is 10.6 Å². The number of pyridine rings is 1. The van der Waals surface area contributed by atoms with Gasteiger partial charge in [0.1, 0.15) is 11.5 Å². The van der Waals surface area contributed by atoms with Crippen LogP contribution >= 0.6 is 63.7 Å². The third-order valence-electron chi connectivity index (χ3n) is 5.16. The predicted octanol–water partition coefficient (Wildman–Crippen LogP) is 6.38. The van der Waals surface area contributed by atoms with Gasteiger partial charge < -0.3 is 20.8 Å². The SMILES string of the molecule is CC(CNCc1cc(Br)cc(Br)c1O)(CNCc1cc(Br)cc(Br)c1O)c1ccccn1. The van der Waals surface area contributed by atoms with Gasteiger partial charge in [0.25, 0.3) is 0 Å². The maximum atomic E-state index is 10.3. The Labute approximate surface area is 221 Å². The number of aromatic hydroxyl groups is 2. The van der Waals surface area contributed by atoms with Gasteiger partial charge >= 0.3 is 0 Å². The van der Waals surface area contributed by atoms with E-state index in [1.165, 1.54) is 0 Å². The zero-order chi connectivity index (χ0) is 23.3. The summed E-state index contributed by atoms with van der Waals surface area (Å²) < 4.78 is 3.09. The fourth-order valence-corrected chi connectivity index (χ4v) is 6.04. The summed E-state index contributed by atoms with van der Waals surface area (Å²) in [5, 5.41) is 27.6. The van der Waals surface area contributed by atoms with Crippen molar-refractivity contribution in [2.45, 2.75) is 25.4 Å². The minimum atomic E-state index is -0.320. The molecule has 0 fully saturated rings. The summed E-state index contributed by atoms with van der Waals surface area (Å²) in [6.45, 7) is 4.42. The molecular weight excluding hydrogens is 670 g/mol. The van der Waals surface area contributed by atoms with Crippen LogP contribution in [0, 0.1) is 0 Å². The van der Waals surface area contributed by atoms with E-state index in [9.17, 15) is 10.2 Å². The van der Waals surface area contributed by atoms with Crippen LogP contribution in [0.25, 0.3) is 0 Å². The zero-order valence-electron chi connectivity index (χ0n) is 17.3. The minimum Gasteiger partial charge on any atom is -0.506 e. The normalized spacial score (nSPS) is 11.7. The number of benzene rings is 2. The summed E-state index contributed by atoms with van der Waals surface area (Å²) >= 11 is 13.7. The molecular formula is C23H23Br4N3O2. The molecule has 0 saturated carbocycles. The molecule has 5 nitrogen and oxygen atoms in total. The van der Waals surface area contributed by atoms with E-state index in [-0.39, 0.29) is 16.9 Å². The molecule has 3 rings (SSSR count). The number of phenolic OH excluding ortho intramolecular Hbond substituents is 2. The highest BCUT2D eigenvalue weighted by molar-refractivity contribution is 9.11. The maximum absolute atomic E-state index is 10.3. The lowest BCUT2D eigenvalue weighted by atomic mass is 9.85. The second-order valence-electron chi connectivity index (χ2n) is 7.77. The lowest BCUT2D eigenvalue weighted by molar-refractivity contribution is 0.384. The third kappa shape index (κ3) is 6.55. The van der Waals surface area contributed by atoms with E-state index in [1.807, 2.05) is 42.5 Å². The predicted molar refractivity (Wildman–Crippen MR) is 142 cm³/mol. The minimum absolute atomic E-state index is 0.231. The molecule has 32 heavy (non-hydrogen) atoms. The molecule has 2 aromatic carbocycles. The fraction of sp³-hybridized carbons (Fsp3) is 0.261. The standard InChI is InChI=1S/C23H23Br4N3O2/c1-23(20-4-2-3-5-30-20,12-28-10-14-6-16(24)8-18(26)21(14)31)13-29-11-15-7-17(25)9-19(27)22(15)32/h2-9,28-29,31-32H,10-13H2,1H3. The van der Waals surface area contributed by atoms with Gasteiger partial charge in [-0.3, -0.25) is 4.98 Å². The molecule has 4 N–H and O–H groups in total. The Kier molecular flexibility index (Phi) is 9.17. The van der Waals surface area contributed by atoms with Crippen LogP contribution in [0.2, 0.25) is 0 Å². The van der Waals surface area contributed by atoms with Crippen LogP contribution in [0.1, 0.15) is 23.7 Å². The molecule has 0 aliphatic rings. The van der Waals surface area contributed by atoms with Crippen LogP contribution in [-0.4, -0.2) is 28.3 Å². The van der Waals surface area contributed by atoms with E-state index in [2.05, 4.69) is 86.3 Å². The van der Waals surface area contributed by atoms with Crippen molar-refractivity contribution >= 4 is 63.7 Å². The molecule has 9 heteroatoms. The first-order chi connectivity index (χ1) is 15.2. The van der Waals surface area contributed by atoms with Gasteiger partial charge in [0.05, 0.1) is 8.95 Å². The smallest absolute Gasteiger partial charge is 0.134 e. The third-order valence-corrected chi connectivity index (χ3v) is 7.28. The number of nitrogens with zero attached hydrogens (tertiary/aromatic N) is 1. The van der Waals surface area contributed by atoms with E-state index >= 15 is 0 Å². The van der Waals surface area contributed by atoms with Gasteiger partial charge in [0, 0.05) is 63.6 Å². The average molecular weight is 693 g/mol. The number of phenols is 2. The molecule has 0 radical (unpaired) electrons. The quantitative estimate of drug-likeness (QED) is 0.210. The van der Waals surface area contributed by atoms with Gasteiger partial charge in [0.2, 0.25) is 0 Å². The van der Waals surface area contributed by atoms with Gasteiger partial charge in [-0.15, -0.1) is 0 Å². The molecule has 0 saturated heterocycles. The van der Waals surface area contributed by atoms with Crippen LogP contribution in [0.4, 0.5) is 0 Å². The average Bonchev–Trinajstić information content (AvgIpc) is 2.75. The first-order valence-electron chi connectivity index (χ1n) is 9.86. The second-order valence-corrected chi connectivity index (χ2v) is 11.3. The summed E-state index contributed by atoms with van der Waals surface area (Å²) in [7, 11) is 0. The molecule has 0 aliphatic heterocycles. The highest BCUT2D eigenvalue weighted by Crippen LogP contribution is 2.33. The monoisotopic (exact) mass is 689 g/mol. The van der Waals surface area contributed by atoms with Gasteiger partial charge in [0.15, 0.2) is 0 Å². The van der Waals surface area contributed by atoms with Gasteiger partial charge in [-0.25, -0.2) is 0 Å². The lowest BCUT2D eigenvalue weighted by Crippen LogP contribution is -2.44. The second kappa shape index (κ2) is 11.4. The Morgan fingerprint density at radius 2 is 1.31 bits per heavy atom. The van der Waals surface area contributed by atoms with Crippen molar-refractivity contribution in [2.24, 2.45) is 0 Å². The molecule has 0 spiro atoms. The largest absolute Gasteiger partial charge is 0.506 e. The molecule has 0 amide bonds. The first kappa shape index (κ1) is 25.6. The Hall–Kier alpha value is -0.970. The number of aromatic nitrogens is 1. The highest BCUT2D eigenvalue weighted by Gasteiger charge is 2.28. The molecule has 0 bridgehead atoms. The molecule has 170 valence electrons. The summed E-state index contributed by atoms with van der Waals surface area (Å²) in [6, 6.07) is 13.3. The fourth-order valence-electron chi connectivity index (χ4n) is 3.42. The molecule has 1 aromatic heterocycles. The summed E-state index contributed by atoms with van der Waals surface area (Å²) in [4.78, 5) is 4.58. The van der Waals surface area contributed by atoms with Crippen LogP contribution in [0.15, 0.2) is 66.6 Å². The van der Waals surface area contributed by atoms with Crippen LogP contribution in [0.5, 0.6) is 11.5 Å². The Bertz CT molecular complexity index is 1020. The van der Waals surface area contributed by atoms with Crippen molar-refractivity contribution in [3.05, 3.63) is 83.4 Å². The van der Waals surface area contributed by atoms with Gasteiger partial charge in [-0.1, -0.05) is 44.8 Å². The number of hydrogen-bond acceptors (Lipinski definition) is 5. The number of rotatable bonds is 9. The van der Waals surface area contributed by atoms with E-state index in [0.717, 1.165) is 25.8 Å². The summed E-state index contributed by atoms with van der Waals surface area (Å²) in [5.74, 6) is 0.461. The summed E-state index contributed by atoms with van der Waals surface area (Å²) in [5.41, 5.74) is 2.23. The lowest BCUT2D eigenvalue weighted by Gasteiger charge is -2.30. The van der Waals surface area contributed by atoms with E-state index < -0.39 is 0 Å². The molecule has 0 aliphatic carbocycles. The molecule has 0 unspecified atom stereocenters. The Morgan fingerprint density at radius 1 is 0.812 bits per heavy atom. The van der Waals surface area contributed by atoms with Crippen LogP contribution in [-0.2, 0) is 18.5 Å².